The number of H-pyrrole nitrogens is 1. The van der Waals surface area contributed by atoms with E-state index in [1.165, 1.54) is 6.33 Å². The van der Waals surface area contributed by atoms with Gasteiger partial charge in [-0.1, -0.05) is 0 Å². The van der Waals surface area contributed by atoms with Crippen LogP contribution in [0.5, 0.6) is 0 Å². The van der Waals surface area contributed by atoms with Crippen molar-refractivity contribution in [2.75, 3.05) is 5.43 Å². The molecule has 0 bridgehead atoms. The maximum Gasteiger partial charge on any atom is 0.167 e. The highest BCUT2D eigenvalue weighted by atomic mass is 15.3. The second-order valence-corrected chi connectivity index (χ2v) is 2.10. The molecule has 5 heteroatoms. The van der Waals surface area contributed by atoms with Crippen LogP contribution in [0.1, 0.15) is 0 Å². The molecule has 2 heterocycles. The third kappa shape index (κ3) is 0.821. The minimum absolute atomic E-state index is 0.611. The van der Waals surface area contributed by atoms with Gasteiger partial charge in [-0.25, -0.2) is 15.8 Å². The highest BCUT2D eigenvalue weighted by molar-refractivity contribution is 5.84. The van der Waals surface area contributed by atoms with Crippen LogP contribution in [0, 0.1) is 0 Å². The van der Waals surface area contributed by atoms with Crippen molar-refractivity contribution in [2.45, 2.75) is 0 Å². The third-order valence-corrected chi connectivity index (χ3v) is 1.48. The number of aromatic amines is 1. The number of hydrazine groups is 1. The minimum Gasteiger partial charge on any atom is -0.357 e. The molecule has 0 saturated carbocycles. The van der Waals surface area contributed by atoms with Gasteiger partial charge in [0.05, 0.1) is 5.52 Å². The van der Waals surface area contributed by atoms with Crippen molar-refractivity contribution in [3.63, 3.8) is 0 Å². The van der Waals surface area contributed by atoms with Gasteiger partial charge in [-0.3, -0.25) is 0 Å². The van der Waals surface area contributed by atoms with E-state index in [1.54, 1.807) is 6.20 Å². The highest BCUT2D eigenvalue weighted by Gasteiger charge is 2.00. The fourth-order valence-corrected chi connectivity index (χ4v) is 0.981. The summed E-state index contributed by atoms with van der Waals surface area (Å²) < 4.78 is 0. The first-order valence-corrected chi connectivity index (χ1v) is 3.16. The van der Waals surface area contributed by atoms with E-state index in [0.717, 1.165) is 11.0 Å². The van der Waals surface area contributed by atoms with Crippen LogP contribution in [-0.2, 0) is 0 Å². The van der Waals surface area contributed by atoms with Crippen LogP contribution in [0.4, 0.5) is 5.82 Å². The molecule has 0 atom stereocenters. The number of fused-ring (bicyclic) bond motifs is 1. The van der Waals surface area contributed by atoms with Crippen LogP contribution >= 0.6 is 0 Å². The fraction of sp³-hybridized carbons (Fsp3) is 0. The largest absolute Gasteiger partial charge is 0.357 e. The van der Waals surface area contributed by atoms with Crippen LogP contribution in [0.2, 0.25) is 0 Å². The monoisotopic (exact) mass is 149 g/mol. The molecule has 0 aliphatic rings. The number of nitrogens with zero attached hydrogens (tertiary/aromatic N) is 2. The molecule has 4 N–H and O–H groups in total. The molecule has 5 nitrogen and oxygen atoms in total. The average molecular weight is 149 g/mol. The Hall–Kier alpha value is -1.62. The van der Waals surface area contributed by atoms with Crippen LogP contribution < -0.4 is 11.3 Å². The van der Waals surface area contributed by atoms with Crippen LogP contribution in [0.25, 0.3) is 11.0 Å². The fourth-order valence-electron chi connectivity index (χ4n) is 0.981. The molecule has 0 fully saturated rings. The van der Waals surface area contributed by atoms with E-state index in [9.17, 15) is 0 Å². The number of nitrogen functional groups attached to an aromatic ring is 1. The Labute approximate surface area is 62.6 Å². The molecule has 0 radical (unpaired) electrons. The van der Waals surface area contributed by atoms with E-state index < -0.39 is 0 Å². The zero-order valence-electron chi connectivity index (χ0n) is 5.70. The molecule has 0 saturated heterocycles. The van der Waals surface area contributed by atoms with Crippen molar-refractivity contribution in [2.24, 2.45) is 5.84 Å². The van der Waals surface area contributed by atoms with E-state index in [4.69, 9.17) is 5.84 Å². The summed E-state index contributed by atoms with van der Waals surface area (Å²) in [5.41, 5.74) is 4.16. The van der Waals surface area contributed by atoms with E-state index in [0.29, 0.717) is 5.82 Å². The van der Waals surface area contributed by atoms with Gasteiger partial charge in [0.1, 0.15) is 11.8 Å². The lowest BCUT2D eigenvalue weighted by Gasteiger charge is -1.97. The molecule has 11 heavy (non-hydrogen) atoms. The lowest BCUT2D eigenvalue weighted by Crippen LogP contribution is -2.09. The van der Waals surface area contributed by atoms with Gasteiger partial charge in [0.15, 0.2) is 5.82 Å². The number of rotatable bonds is 1. The predicted molar refractivity (Wildman–Crippen MR) is 41.7 cm³/mol. The standard InChI is InChI=1S/C6H7N5/c7-11-6-5-4(1-2-8-5)9-3-10-6/h1-3,8H,7H2,(H,9,10,11). The number of nitrogens with one attached hydrogen (secondary N) is 2. The molecule has 0 unspecified atom stereocenters. The molecule has 2 rings (SSSR count). The van der Waals surface area contributed by atoms with Crippen molar-refractivity contribution in [1.29, 1.82) is 0 Å². The van der Waals surface area contributed by atoms with E-state index in [-0.39, 0.29) is 0 Å². The Morgan fingerprint density at radius 2 is 2.36 bits per heavy atom. The Bertz CT molecular complexity index is 366. The Morgan fingerprint density at radius 1 is 1.45 bits per heavy atom. The van der Waals surface area contributed by atoms with Gasteiger partial charge < -0.3 is 10.4 Å². The number of hydrogen-bond acceptors (Lipinski definition) is 4. The van der Waals surface area contributed by atoms with Crippen molar-refractivity contribution in [3.05, 3.63) is 18.6 Å². The predicted octanol–water partition coefficient (Wildman–Crippen LogP) is 0.243. The number of nitrogens with two attached hydrogens (primary N) is 1. The van der Waals surface area contributed by atoms with Gasteiger partial charge in [0.25, 0.3) is 0 Å². The van der Waals surface area contributed by atoms with Crippen molar-refractivity contribution >= 4 is 16.9 Å². The summed E-state index contributed by atoms with van der Waals surface area (Å²) in [6.07, 6.45) is 3.26. The molecular weight excluding hydrogens is 142 g/mol. The summed E-state index contributed by atoms with van der Waals surface area (Å²) in [4.78, 5) is 10.9. The zero-order chi connectivity index (χ0) is 7.68. The number of aromatic nitrogens is 3. The van der Waals surface area contributed by atoms with Crippen LogP contribution in [0.15, 0.2) is 18.6 Å². The van der Waals surface area contributed by atoms with Gasteiger partial charge >= 0.3 is 0 Å². The van der Waals surface area contributed by atoms with Crippen LogP contribution in [-0.4, -0.2) is 15.0 Å². The maximum absolute atomic E-state index is 5.21. The van der Waals surface area contributed by atoms with E-state index in [1.807, 2.05) is 6.07 Å². The van der Waals surface area contributed by atoms with Gasteiger partial charge in [-0.05, 0) is 6.07 Å². The number of hydrogen-bond donors (Lipinski definition) is 3. The van der Waals surface area contributed by atoms with Crippen molar-refractivity contribution in [1.82, 2.24) is 15.0 Å². The van der Waals surface area contributed by atoms with Crippen molar-refractivity contribution < 1.29 is 0 Å². The van der Waals surface area contributed by atoms with Crippen molar-refractivity contribution in [3.8, 4) is 0 Å². The lowest BCUT2D eigenvalue weighted by atomic mass is 10.4. The molecular formula is C6H7N5. The first kappa shape index (κ1) is 6.11. The summed E-state index contributed by atoms with van der Waals surface area (Å²) >= 11 is 0. The Morgan fingerprint density at radius 3 is 3.18 bits per heavy atom. The van der Waals surface area contributed by atoms with Gasteiger partial charge in [-0.2, -0.15) is 0 Å². The van der Waals surface area contributed by atoms with E-state index >= 15 is 0 Å². The summed E-state index contributed by atoms with van der Waals surface area (Å²) in [5.74, 6) is 5.83. The molecule has 0 aliphatic heterocycles. The first-order chi connectivity index (χ1) is 5.42. The van der Waals surface area contributed by atoms with Gasteiger partial charge in [0, 0.05) is 6.20 Å². The minimum atomic E-state index is 0.611. The van der Waals surface area contributed by atoms with Crippen LogP contribution in [0.3, 0.4) is 0 Å². The smallest absolute Gasteiger partial charge is 0.167 e. The summed E-state index contributed by atoms with van der Waals surface area (Å²) in [6.45, 7) is 0. The molecule has 0 aromatic carbocycles. The Balaban J connectivity index is 2.79. The SMILES string of the molecule is NNc1ncnc2cc[nH]c12. The molecule has 56 valence electrons. The van der Waals surface area contributed by atoms with Gasteiger partial charge in [0.2, 0.25) is 0 Å². The lowest BCUT2D eigenvalue weighted by molar-refractivity contribution is 1.17. The normalized spacial score (nSPS) is 10.3. The molecule has 0 aliphatic carbocycles. The summed E-state index contributed by atoms with van der Waals surface area (Å²) in [7, 11) is 0. The van der Waals surface area contributed by atoms with E-state index in [2.05, 4.69) is 20.4 Å². The summed E-state index contributed by atoms with van der Waals surface area (Å²) in [5, 5.41) is 0. The zero-order valence-corrected chi connectivity index (χ0v) is 5.70. The number of anilines is 1. The topological polar surface area (TPSA) is 79.6 Å². The third-order valence-electron chi connectivity index (χ3n) is 1.48. The first-order valence-electron chi connectivity index (χ1n) is 3.16. The quantitative estimate of drug-likeness (QED) is 0.401. The molecule has 0 spiro atoms. The maximum atomic E-state index is 5.21. The molecule has 0 amide bonds. The molecule has 2 aromatic rings. The average Bonchev–Trinajstić information content (AvgIpc) is 2.50. The van der Waals surface area contributed by atoms with Gasteiger partial charge in [-0.15, -0.1) is 0 Å². The highest BCUT2D eigenvalue weighted by Crippen LogP contribution is 2.14. The Kier molecular flexibility index (Phi) is 1.23. The second kappa shape index (κ2) is 2.21. The molecule has 2 aromatic heterocycles. The summed E-state index contributed by atoms with van der Waals surface area (Å²) in [6, 6.07) is 1.86. The second-order valence-electron chi connectivity index (χ2n) is 2.10.